The SMILES string of the molecule is CCCc1ccc(C(Cl)c2ccc(C)c(Br)c2)cc1. The fourth-order valence-electron chi connectivity index (χ4n) is 2.10. The minimum Gasteiger partial charge on any atom is -0.113 e. The number of benzene rings is 2. The summed E-state index contributed by atoms with van der Waals surface area (Å²) in [7, 11) is 0. The molecule has 0 spiro atoms. The van der Waals surface area contributed by atoms with Crippen LogP contribution in [0, 0.1) is 6.92 Å². The first kappa shape index (κ1) is 14.6. The van der Waals surface area contributed by atoms with Gasteiger partial charge in [0.25, 0.3) is 0 Å². The highest BCUT2D eigenvalue weighted by molar-refractivity contribution is 9.10. The average Bonchev–Trinajstić information content (AvgIpc) is 2.42. The van der Waals surface area contributed by atoms with E-state index in [2.05, 4.69) is 72.2 Å². The molecule has 0 saturated heterocycles. The minimum absolute atomic E-state index is 0.0902. The number of hydrogen-bond donors (Lipinski definition) is 0. The number of hydrogen-bond acceptors (Lipinski definition) is 0. The van der Waals surface area contributed by atoms with Crippen LogP contribution in [0.5, 0.6) is 0 Å². The molecule has 2 heteroatoms. The Hall–Kier alpha value is -0.790. The summed E-state index contributed by atoms with van der Waals surface area (Å²) in [6, 6.07) is 14.9. The van der Waals surface area contributed by atoms with Gasteiger partial charge in [-0.05, 0) is 41.7 Å². The summed E-state index contributed by atoms with van der Waals surface area (Å²) in [5.74, 6) is 0. The molecule has 0 amide bonds. The van der Waals surface area contributed by atoms with Crippen molar-refractivity contribution in [1.82, 2.24) is 0 Å². The largest absolute Gasteiger partial charge is 0.113 e. The van der Waals surface area contributed by atoms with Crippen LogP contribution in [-0.2, 0) is 6.42 Å². The predicted molar refractivity (Wildman–Crippen MR) is 87.0 cm³/mol. The summed E-state index contributed by atoms with van der Waals surface area (Å²) >= 11 is 10.1. The van der Waals surface area contributed by atoms with E-state index < -0.39 is 0 Å². The summed E-state index contributed by atoms with van der Waals surface area (Å²) in [6.07, 6.45) is 2.30. The van der Waals surface area contributed by atoms with E-state index in [1.54, 1.807) is 0 Å². The molecule has 0 aliphatic carbocycles. The first-order valence-corrected chi connectivity index (χ1v) is 7.83. The van der Waals surface area contributed by atoms with Gasteiger partial charge in [-0.15, -0.1) is 11.6 Å². The van der Waals surface area contributed by atoms with Crippen molar-refractivity contribution in [3.63, 3.8) is 0 Å². The lowest BCUT2D eigenvalue weighted by Gasteiger charge is -2.12. The van der Waals surface area contributed by atoms with E-state index in [4.69, 9.17) is 11.6 Å². The van der Waals surface area contributed by atoms with E-state index in [1.807, 2.05) is 0 Å². The quantitative estimate of drug-likeness (QED) is 0.597. The van der Waals surface area contributed by atoms with Gasteiger partial charge in [-0.2, -0.15) is 0 Å². The zero-order chi connectivity index (χ0) is 13.8. The molecule has 0 aliphatic rings. The van der Waals surface area contributed by atoms with Crippen molar-refractivity contribution < 1.29 is 0 Å². The Morgan fingerprint density at radius 3 is 2.26 bits per heavy atom. The zero-order valence-electron chi connectivity index (χ0n) is 11.3. The second-order valence-electron chi connectivity index (χ2n) is 4.86. The van der Waals surface area contributed by atoms with Crippen LogP contribution in [0.3, 0.4) is 0 Å². The van der Waals surface area contributed by atoms with E-state index in [9.17, 15) is 0 Å². The van der Waals surface area contributed by atoms with Crippen LogP contribution in [-0.4, -0.2) is 0 Å². The molecule has 0 N–H and O–H groups in total. The van der Waals surface area contributed by atoms with Crippen LogP contribution in [0.15, 0.2) is 46.9 Å². The third kappa shape index (κ3) is 3.61. The van der Waals surface area contributed by atoms with Crippen molar-refractivity contribution >= 4 is 27.5 Å². The summed E-state index contributed by atoms with van der Waals surface area (Å²) < 4.78 is 1.11. The molecule has 0 radical (unpaired) electrons. The van der Waals surface area contributed by atoms with Gasteiger partial charge >= 0.3 is 0 Å². The summed E-state index contributed by atoms with van der Waals surface area (Å²) in [6.45, 7) is 4.28. The Balaban J connectivity index is 2.22. The number of rotatable bonds is 4. The van der Waals surface area contributed by atoms with E-state index in [-0.39, 0.29) is 5.38 Å². The van der Waals surface area contributed by atoms with Crippen molar-refractivity contribution in [2.24, 2.45) is 0 Å². The Kier molecular flexibility index (Phi) is 5.06. The van der Waals surface area contributed by atoms with Gasteiger partial charge in [0.2, 0.25) is 0 Å². The predicted octanol–water partition coefficient (Wildman–Crippen LogP) is 6.04. The topological polar surface area (TPSA) is 0 Å². The van der Waals surface area contributed by atoms with Gasteiger partial charge in [-0.3, -0.25) is 0 Å². The highest BCUT2D eigenvalue weighted by atomic mass is 79.9. The molecule has 19 heavy (non-hydrogen) atoms. The third-order valence-electron chi connectivity index (χ3n) is 3.30. The molecular weight excluding hydrogens is 320 g/mol. The van der Waals surface area contributed by atoms with Gasteiger partial charge in [-0.25, -0.2) is 0 Å². The standard InChI is InChI=1S/C17H18BrCl/c1-3-4-13-6-9-14(10-7-13)17(19)15-8-5-12(2)16(18)11-15/h5-11,17H,3-4H2,1-2H3. The maximum atomic E-state index is 6.56. The molecule has 100 valence electrons. The van der Waals surface area contributed by atoms with Gasteiger partial charge < -0.3 is 0 Å². The highest BCUT2D eigenvalue weighted by Crippen LogP contribution is 2.31. The van der Waals surface area contributed by atoms with Gasteiger partial charge in [0.05, 0.1) is 5.38 Å². The molecular formula is C17H18BrCl. The Labute approximate surface area is 128 Å². The number of alkyl halides is 1. The second-order valence-corrected chi connectivity index (χ2v) is 6.15. The van der Waals surface area contributed by atoms with Gasteiger partial charge in [-0.1, -0.05) is 65.7 Å². The van der Waals surface area contributed by atoms with Crippen molar-refractivity contribution in [2.75, 3.05) is 0 Å². The van der Waals surface area contributed by atoms with Crippen LogP contribution in [0.25, 0.3) is 0 Å². The van der Waals surface area contributed by atoms with Gasteiger partial charge in [0.1, 0.15) is 0 Å². The summed E-state index contributed by atoms with van der Waals surface area (Å²) in [4.78, 5) is 0. The van der Waals surface area contributed by atoms with E-state index in [1.165, 1.54) is 17.5 Å². The molecule has 0 saturated carbocycles. The molecule has 1 atom stereocenters. The lowest BCUT2D eigenvalue weighted by molar-refractivity contribution is 0.920. The van der Waals surface area contributed by atoms with E-state index >= 15 is 0 Å². The van der Waals surface area contributed by atoms with Gasteiger partial charge in [0, 0.05) is 4.47 Å². The van der Waals surface area contributed by atoms with Crippen molar-refractivity contribution in [2.45, 2.75) is 32.1 Å². The second kappa shape index (κ2) is 6.58. The van der Waals surface area contributed by atoms with Crippen LogP contribution in [0.2, 0.25) is 0 Å². The van der Waals surface area contributed by atoms with Crippen LogP contribution < -0.4 is 0 Å². The molecule has 0 aliphatic heterocycles. The van der Waals surface area contributed by atoms with Crippen LogP contribution in [0.4, 0.5) is 0 Å². The highest BCUT2D eigenvalue weighted by Gasteiger charge is 2.11. The molecule has 2 aromatic carbocycles. The molecule has 1 unspecified atom stereocenters. The monoisotopic (exact) mass is 336 g/mol. The molecule has 0 bridgehead atoms. The maximum absolute atomic E-state index is 6.56. The number of aryl methyl sites for hydroxylation is 2. The third-order valence-corrected chi connectivity index (χ3v) is 4.66. The molecule has 2 aromatic rings. The molecule has 2 rings (SSSR count). The van der Waals surface area contributed by atoms with Crippen LogP contribution in [0.1, 0.15) is 41.0 Å². The fourth-order valence-corrected chi connectivity index (χ4v) is 2.78. The fraction of sp³-hybridized carbons (Fsp3) is 0.294. The smallest absolute Gasteiger partial charge is 0.0835 e. The zero-order valence-corrected chi connectivity index (χ0v) is 13.6. The molecule has 0 nitrogen and oxygen atoms in total. The Bertz CT molecular complexity index is 546. The Morgan fingerprint density at radius 2 is 1.68 bits per heavy atom. The van der Waals surface area contributed by atoms with E-state index in [0.717, 1.165) is 22.0 Å². The van der Waals surface area contributed by atoms with Crippen molar-refractivity contribution in [3.8, 4) is 0 Å². The lowest BCUT2D eigenvalue weighted by atomic mass is 10.0. The number of halogens is 2. The maximum Gasteiger partial charge on any atom is 0.0835 e. The molecule has 0 fully saturated rings. The molecule has 0 heterocycles. The molecule has 0 aromatic heterocycles. The normalized spacial score (nSPS) is 12.4. The average molecular weight is 338 g/mol. The van der Waals surface area contributed by atoms with Crippen molar-refractivity contribution in [3.05, 3.63) is 69.2 Å². The lowest BCUT2D eigenvalue weighted by Crippen LogP contribution is -1.94. The first-order valence-electron chi connectivity index (χ1n) is 6.60. The van der Waals surface area contributed by atoms with E-state index in [0.29, 0.717) is 0 Å². The summed E-state index contributed by atoms with van der Waals surface area (Å²) in [5, 5.41) is -0.0902. The minimum atomic E-state index is -0.0902. The van der Waals surface area contributed by atoms with Gasteiger partial charge in [0.15, 0.2) is 0 Å². The van der Waals surface area contributed by atoms with Crippen molar-refractivity contribution in [1.29, 1.82) is 0 Å². The van der Waals surface area contributed by atoms with Crippen LogP contribution >= 0.6 is 27.5 Å². The Morgan fingerprint density at radius 1 is 1.05 bits per heavy atom. The summed E-state index contributed by atoms with van der Waals surface area (Å²) in [5.41, 5.74) is 4.88. The first-order chi connectivity index (χ1) is 9.11.